The van der Waals surface area contributed by atoms with Crippen LogP contribution in [0.5, 0.6) is 0 Å². The minimum Gasteiger partial charge on any atom is -0.381 e. The van der Waals surface area contributed by atoms with Crippen LogP contribution < -0.4 is 5.32 Å². The SMILES string of the molecule is Cc1ccc(NC2CCCC2)c(Br)c1. The van der Waals surface area contributed by atoms with Gasteiger partial charge >= 0.3 is 0 Å². The Balaban J connectivity index is 2.08. The van der Waals surface area contributed by atoms with E-state index in [1.807, 2.05) is 0 Å². The predicted molar refractivity (Wildman–Crippen MR) is 64.8 cm³/mol. The summed E-state index contributed by atoms with van der Waals surface area (Å²) in [5, 5.41) is 3.59. The van der Waals surface area contributed by atoms with E-state index in [-0.39, 0.29) is 0 Å². The van der Waals surface area contributed by atoms with Gasteiger partial charge in [0.2, 0.25) is 0 Å². The van der Waals surface area contributed by atoms with Crippen LogP contribution in [0.1, 0.15) is 31.2 Å². The zero-order chi connectivity index (χ0) is 9.97. The highest BCUT2D eigenvalue weighted by Gasteiger charge is 2.15. The average Bonchev–Trinajstić information content (AvgIpc) is 2.62. The van der Waals surface area contributed by atoms with E-state index in [9.17, 15) is 0 Å². The number of aryl methyl sites for hydroxylation is 1. The molecule has 0 atom stereocenters. The number of hydrogen-bond acceptors (Lipinski definition) is 1. The summed E-state index contributed by atoms with van der Waals surface area (Å²) >= 11 is 3.59. The second-order valence-electron chi connectivity index (χ2n) is 4.11. The lowest BCUT2D eigenvalue weighted by Gasteiger charge is -2.15. The summed E-state index contributed by atoms with van der Waals surface area (Å²) in [7, 11) is 0. The van der Waals surface area contributed by atoms with Crippen LogP contribution in [0.3, 0.4) is 0 Å². The summed E-state index contributed by atoms with van der Waals surface area (Å²) in [6, 6.07) is 7.17. The second kappa shape index (κ2) is 4.35. The molecule has 0 radical (unpaired) electrons. The molecular formula is C12H16BrN. The van der Waals surface area contributed by atoms with E-state index in [0.29, 0.717) is 6.04 Å². The van der Waals surface area contributed by atoms with Crippen molar-refractivity contribution in [3.63, 3.8) is 0 Å². The van der Waals surface area contributed by atoms with Crippen LogP contribution in [-0.4, -0.2) is 6.04 Å². The fourth-order valence-electron chi connectivity index (χ4n) is 2.03. The van der Waals surface area contributed by atoms with Gasteiger partial charge in [0.1, 0.15) is 0 Å². The van der Waals surface area contributed by atoms with Gasteiger partial charge in [0.15, 0.2) is 0 Å². The van der Waals surface area contributed by atoms with Crippen molar-refractivity contribution in [3.05, 3.63) is 28.2 Å². The molecule has 0 spiro atoms. The number of nitrogens with one attached hydrogen (secondary N) is 1. The highest BCUT2D eigenvalue weighted by Crippen LogP contribution is 2.28. The van der Waals surface area contributed by atoms with Crippen molar-refractivity contribution in [1.29, 1.82) is 0 Å². The first-order valence-corrected chi connectivity index (χ1v) is 6.08. The minimum atomic E-state index is 0.689. The zero-order valence-corrected chi connectivity index (χ0v) is 10.1. The number of anilines is 1. The van der Waals surface area contributed by atoms with E-state index in [1.54, 1.807) is 0 Å². The topological polar surface area (TPSA) is 12.0 Å². The molecule has 0 amide bonds. The van der Waals surface area contributed by atoms with E-state index < -0.39 is 0 Å². The third-order valence-corrected chi connectivity index (χ3v) is 3.50. The van der Waals surface area contributed by atoms with Gasteiger partial charge in [-0.2, -0.15) is 0 Å². The third-order valence-electron chi connectivity index (χ3n) is 2.84. The fourth-order valence-corrected chi connectivity index (χ4v) is 2.63. The summed E-state index contributed by atoms with van der Waals surface area (Å²) in [6.45, 7) is 2.12. The van der Waals surface area contributed by atoms with Crippen LogP contribution in [0.15, 0.2) is 22.7 Å². The second-order valence-corrected chi connectivity index (χ2v) is 4.96. The molecule has 0 heterocycles. The molecule has 0 bridgehead atoms. The Labute approximate surface area is 94.0 Å². The molecule has 0 unspecified atom stereocenters. The lowest BCUT2D eigenvalue weighted by molar-refractivity contribution is 0.755. The molecule has 76 valence electrons. The van der Waals surface area contributed by atoms with Crippen molar-refractivity contribution < 1.29 is 0 Å². The maximum atomic E-state index is 3.59. The number of halogens is 1. The van der Waals surface area contributed by atoms with Crippen LogP contribution in [0.4, 0.5) is 5.69 Å². The van der Waals surface area contributed by atoms with E-state index in [2.05, 4.69) is 46.4 Å². The van der Waals surface area contributed by atoms with E-state index >= 15 is 0 Å². The molecule has 1 aliphatic carbocycles. The molecule has 1 fully saturated rings. The average molecular weight is 254 g/mol. The van der Waals surface area contributed by atoms with E-state index in [0.717, 1.165) is 0 Å². The van der Waals surface area contributed by atoms with Crippen molar-refractivity contribution in [1.82, 2.24) is 0 Å². The molecule has 1 aliphatic rings. The molecule has 1 saturated carbocycles. The maximum Gasteiger partial charge on any atom is 0.0486 e. The normalized spacial score (nSPS) is 17.3. The van der Waals surface area contributed by atoms with E-state index in [4.69, 9.17) is 0 Å². The Morgan fingerprint density at radius 3 is 2.64 bits per heavy atom. The first-order valence-electron chi connectivity index (χ1n) is 5.28. The predicted octanol–water partition coefficient (Wildman–Crippen LogP) is 4.11. The molecule has 2 rings (SSSR count). The maximum absolute atomic E-state index is 3.59. The van der Waals surface area contributed by atoms with Crippen molar-refractivity contribution in [2.45, 2.75) is 38.6 Å². The molecule has 14 heavy (non-hydrogen) atoms. The van der Waals surface area contributed by atoms with Crippen LogP contribution in [0.2, 0.25) is 0 Å². The van der Waals surface area contributed by atoms with E-state index in [1.165, 1.54) is 41.4 Å². The first kappa shape index (κ1) is 10.0. The molecule has 1 N–H and O–H groups in total. The van der Waals surface area contributed by atoms with Crippen LogP contribution in [0.25, 0.3) is 0 Å². The molecular weight excluding hydrogens is 238 g/mol. The Bertz CT molecular complexity index is 316. The summed E-state index contributed by atoms with van der Waals surface area (Å²) in [5.41, 5.74) is 2.54. The lowest BCUT2D eigenvalue weighted by Crippen LogP contribution is -2.14. The molecule has 1 aromatic rings. The van der Waals surface area contributed by atoms with Gasteiger partial charge in [0.25, 0.3) is 0 Å². The summed E-state index contributed by atoms with van der Waals surface area (Å²) in [6.07, 6.45) is 5.39. The quantitative estimate of drug-likeness (QED) is 0.837. The van der Waals surface area contributed by atoms with Gasteiger partial charge in [-0.05, 0) is 53.4 Å². The molecule has 0 saturated heterocycles. The number of benzene rings is 1. The van der Waals surface area contributed by atoms with Crippen LogP contribution >= 0.6 is 15.9 Å². The van der Waals surface area contributed by atoms with Gasteiger partial charge in [0, 0.05) is 16.2 Å². The van der Waals surface area contributed by atoms with Gasteiger partial charge in [-0.25, -0.2) is 0 Å². The highest BCUT2D eigenvalue weighted by molar-refractivity contribution is 9.10. The van der Waals surface area contributed by atoms with Gasteiger partial charge < -0.3 is 5.32 Å². The van der Waals surface area contributed by atoms with Gasteiger partial charge in [-0.15, -0.1) is 0 Å². The lowest BCUT2D eigenvalue weighted by atomic mass is 10.2. The first-order chi connectivity index (χ1) is 6.75. The third kappa shape index (κ3) is 2.30. The molecule has 1 nitrogen and oxygen atoms in total. The zero-order valence-electron chi connectivity index (χ0n) is 8.52. The van der Waals surface area contributed by atoms with Gasteiger partial charge in [0.05, 0.1) is 0 Å². The van der Waals surface area contributed by atoms with Crippen LogP contribution in [-0.2, 0) is 0 Å². The molecule has 0 aromatic heterocycles. The number of hydrogen-bond donors (Lipinski definition) is 1. The molecule has 0 aliphatic heterocycles. The van der Waals surface area contributed by atoms with Gasteiger partial charge in [-0.1, -0.05) is 18.9 Å². The monoisotopic (exact) mass is 253 g/mol. The summed E-state index contributed by atoms with van der Waals surface area (Å²) in [4.78, 5) is 0. The Hall–Kier alpha value is -0.500. The fraction of sp³-hybridized carbons (Fsp3) is 0.500. The minimum absolute atomic E-state index is 0.689. The Morgan fingerprint density at radius 2 is 2.00 bits per heavy atom. The van der Waals surface area contributed by atoms with Crippen LogP contribution in [0, 0.1) is 6.92 Å². The summed E-state index contributed by atoms with van der Waals surface area (Å²) in [5.74, 6) is 0. The summed E-state index contributed by atoms with van der Waals surface area (Å²) < 4.78 is 1.18. The van der Waals surface area contributed by atoms with Crippen molar-refractivity contribution >= 4 is 21.6 Å². The standard InChI is InChI=1S/C12H16BrN/c1-9-6-7-12(11(13)8-9)14-10-4-2-3-5-10/h6-8,10,14H,2-5H2,1H3. The Morgan fingerprint density at radius 1 is 1.29 bits per heavy atom. The number of rotatable bonds is 2. The Kier molecular flexibility index (Phi) is 3.12. The molecule has 2 heteroatoms. The largest absolute Gasteiger partial charge is 0.381 e. The highest BCUT2D eigenvalue weighted by atomic mass is 79.9. The van der Waals surface area contributed by atoms with Gasteiger partial charge in [-0.3, -0.25) is 0 Å². The smallest absolute Gasteiger partial charge is 0.0486 e. The van der Waals surface area contributed by atoms with Crippen molar-refractivity contribution in [2.75, 3.05) is 5.32 Å². The van der Waals surface area contributed by atoms with Crippen molar-refractivity contribution in [2.24, 2.45) is 0 Å². The molecule has 1 aromatic carbocycles. The van der Waals surface area contributed by atoms with Crippen molar-refractivity contribution in [3.8, 4) is 0 Å².